The molecule has 0 aliphatic heterocycles. The van der Waals surface area contributed by atoms with Gasteiger partial charge in [0.1, 0.15) is 5.75 Å². The summed E-state index contributed by atoms with van der Waals surface area (Å²) in [5.41, 5.74) is 3.84. The van der Waals surface area contributed by atoms with E-state index in [0.29, 0.717) is 10.6 Å². The van der Waals surface area contributed by atoms with Gasteiger partial charge in [-0.05, 0) is 35.9 Å². The smallest absolute Gasteiger partial charge is 0.259 e. The summed E-state index contributed by atoms with van der Waals surface area (Å²) in [5, 5.41) is 16.6. The highest BCUT2D eigenvalue weighted by Gasteiger charge is 1.99. The molecule has 3 N–H and O–H groups in total. The average Bonchev–Trinajstić information content (AvgIpc) is 2.45. The molecule has 0 heterocycles. The maximum absolute atomic E-state index is 11.6. The Labute approximate surface area is 127 Å². The van der Waals surface area contributed by atoms with E-state index in [4.69, 9.17) is 11.6 Å². The zero-order valence-corrected chi connectivity index (χ0v) is 11.8. The Morgan fingerprint density at radius 3 is 2.81 bits per heavy atom. The van der Waals surface area contributed by atoms with Crippen LogP contribution in [-0.2, 0) is 4.79 Å². The van der Waals surface area contributed by atoms with Crippen LogP contribution in [0.5, 0.6) is 5.75 Å². The van der Waals surface area contributed by atoms with Crippen molar-refractivity contribution in [3.63, 3.8) is 0 Å². The lowest BCUT2D eigenvalue weighted by Crippen LogP contribution is -2.25. The van der Waals surface area contributed by atoms with Crippen molar-refractivity contribution in [2.24, 2.45) is 5.10 Å². The fourth-order valence-corrected chi connectivity index (χ4v) is 1.79. The predicted octanol–water partition coefficient (Wildman–Crippen LogP) is 2.61. The molecule has 2 aromatic carbocycles. The second-order valence-corrected chi connectivity index (χ2v) is 4.69. The molecule has 21 heavy (non-hydrogen) atoms. The summed E-state index contributed by atoms with van der Waals surface area (Å²) in [6.45, 7) is 0.0811. The number of amides is 1. The minimum Gasteiger partial charge on any atom is -0.508 e. The highest BCUT2D eigenvalue weighted by Crippen LogP contribution is 2.14. The Hall–Kier alpha value is -2.53. The molecule has 2 rings (SSSR count). The molecule has 0 unspecified atom stereocenters. The highest BCUT2D eigenvalue weighted by molar-refractivity contribution is 6.30. The number of nitrogens with zero attached hydrogens (tertiary/aromatic N) is 1. The maximum atomic E-state index is 11.6. The van der Waals surface area contributed by atoms with Crippen LogP contribution in [0.4, 0.5) is 5.69 Å². The summed E-state index contributed by atoms with van der Waals surface area (Å²) in [4.78, 5) is 11.6. The molecule has 6 heteroatoms. The van der Waals surface area contributed by atoms with Crippen LogP contribution in [0.1, 0.15) is 5.56 Å². The van der Waals surface area contributed by atoms with Crippen molar-refractivity contribution in [1.82, 2.24) is 5.43 Å². The number of rotatable bonds is 5. The quantitative estimate of drug-likeness (QED) is 0.587. The Bertz CT molecular complexity index is 659. The largest absolute Gasteiger partial charge is 0.508 e. The van der Waals surface area contributed by atoms with Crippen molar-refractivity contribution in [3.8, 4) is 5.75 Å². The van der Waals surface area contributed by atoms with Crippen LogP contribution >= 0.6 is 11.6 Å². The summed E-state index contributed by atoms with van der Waals surface area (Å²) in [6.07, 6.45) is 1.46. The van der Waals surface area contributed by atoms with E-state index in [0.717, 1.165) is 5.69 Å². The van der Waals surface area contributed by atoms with Crippen molar-refractivity contribution in [2.45, 2.75) is 0 Å². The monoisotopic (exact) mass is 303 g/mol. The average molecular weight is 304 g/mol. The SMILES string of the molecule is O=C(CNc1cccc(Cl)c1)N/N=C\c1cccc(O)c1. The van der Waals surface area contributed by atoms with E-state index in [9.17, 15) is 9.90 Å². The second kappa shape index (κ2) is 7.31. The molecule has 2 aromatic rings. The molecule has 0 saturated carbocycles. The van der Waals surface area contributed by atoms with Crippen LogP contribution in [0.25, 0.3) is 0 Å². The third-order valence-electron chi connectivity index (χ3n) is 2.55. The fourth-order valence-electron chi connectivity index (χ4n) is 1.60. The first-order chi connectivity index (χ1) is 10.1. The standard InChI is InChI=1S/C15H14ClN3O2/c16-12-4-2-5-13(8-12)17-10-15(21)19-18-9-11-3-1-6-14(20)7-11/h1-9,17,20H,10H2,(H,19,21)/b18-9-. The van der Waals surface area contributed by atoms with Gasteiger partial charge in [0.25, 0.3) is 5.91 Å². The number of phenols is 1. The van der Waals surface area contributed by atoms with E-state index in [1.807, 2.05) is 6.07 Å². The first-order valence-electron chi connectivity index (χ1n) is 6.24. The Balaban J connectivity index is 1.80. The number of benzene rings is 2. The third-order valence-corrected chi connectivity index (χ3v) is 2.79. The first-order valence-corrected chi connectivity index (χ1v) is 6.61. The predicted molar refractivity (Wildman–Crippen MR) is 83.8 cm³/mol. The highest BCUT2D eigenvalue weighted by atomic mass is 35.5. The van der Waals surface area contributed by atoms with Gasteiger partial charge in [0.15, 0.2) is 0 Å². The Kier molecular flexibility index (Phi) is 5.17. The van der Waals surface area contributed by atoms with Crippen LogP contribution < -0.4 is 10.7 Å². The van der Waals surface area contributed by atoms with Gasteiger partial charge in [0.05, 0.1) is 12.8 Å². The van der Waals surface area contributed by atoms with Gasteiger partial charge in [-0.15, -0.1) is 0 Å². The number of hydrogen-bond acceptors (Lipinski definition) is 4. The van der Waals surface area contributed by atoms with E-state index in [2.05, 4.69) is 15.8 Å². The van der Waals surface area contributed by atoms with Gasteiger partial charge < -0.3 is 10.4 Å². The molecule has 0 bridgehead atoms. The van der Waals surface area contributed by atoms with E-state index >= 15 is 0 Å². The summed E-state index contributed by atoms with van der Waals surface area (Å²) in [6, 6.07) is 13.7. The number of carbonyl (C=O) groups excluding carboxylic acids is 1. The second-order valence-electron chi connectivity index (χ2n) is 4.25. The normalized spacial score (nSPS) is 10.5. The first kappa shape index (κ1) is 14.9. The number of phenolic OH excluding ortho intramolecular Hbond substituents is 1. The lowest BCUT2D eigenvalue weighted by molar-refractivity contribution is -0.119. The van der Waals surface area contributed by atoms with E-state index in [-0.39, 0.29) is 18.2 Å². The Morgan fingerprint density at radius 2 is 2.05 bits per heavy atom. The lowest BCUT2D eigenvalue weighted by Gasteiger charge is -2.05. The summed E-state index contributed by atoms with van der Waals surface area (Å²) >= 11 is 5.84. The van der Waals surface area contributed by atoms with Crippen molar-refractivity contribution < 1.29 is 9.90 Å². The van der Waals surface area contributed by atoms with Crippen LogP contribution in [0.3, 0.4) is 0 Å². The van der Waals surface area contributed by atoms with Gasteiger partial charge in [-0.25, -0.2) is 5.43 Å². The molecular weight excluding hydrogens is 290 g/mol. The number of nitrogens with one attached hydrogen (secondary N) is 2. The molecule has 0 atom stereocenters. The molecule has 0 saturated heterocycles. The summed E-state index contributed by atoms with van der Waals surface area (Å²) in [7, 11) is 0. The topological polar surface area (TPSA) is 73.7 Å². The molecule has 0 aliphatic rings. The minimum atomic E-state index is -0.286. The molecule has 0 fully saturated rings. The summed E-state index contributed by atoms with van der Waals surface area (Å²) in [5.74, 6) is -0.140. The maximum Gasteiger partial charge on any atom is 0.259 e. The molecule has 5 nitrogen and oxygen atoms in total. The van der Waals surface area contributed by atoms with Crippen LogP contribution in [-0.4, -0.2) is 23.8 Å². The lowest BCUT2D eigenvalue weighted by atomic mass is 10.2. The number of carbonyl (C=O) groups is 1. The molecule has 0 radical (unpaired) electrons. The van der Waals surface area contributed by atoms with E-state index in [1.165, 1.54) is 6.21 Å². The van der Waals surface area contributed by atoms with Crippen LogP contribution in [0, 0.1) is 0 Å². The minimum absolute atomic E-state index is 0.0811. The van der Waals surface area contributed by atoms with Crippen molar-refractivity contribution >= 4 is 29.4 Å². The van der Waals surface area contributed by atoms with Crippen molar-refractivity contribution in [2.75, 3.05) is 11.9 Å². The molecular formula is C15H14ClN3O2. The van der Waals surface area contributed by atoms with Gasteiger partial charge in [-0.1, -0.05) is 29.8 Å². The van der Waals surface area contributed by atoms with E-state index in [1.54, 1.807) is 42.5 Å². The number of aromatic hydroxyl groups is 1. The van der Waals surface area contributed by atoms with Crippen molar-refractivity contribution in [1.29, 1.82) is 0 Å². The van der Waals surface area contributed by atoms with Gasteiger partial charge in [-0.3, -0.25) is 4.79 Å². The zero-order valence-electron chi connectivity index (χ0n) is 11.1. The molecule has 108 valence electrons. The van der Waals surface area contributed by atoms with Crippen LogP contribution in [0.15, 0.2) is 53.6 Å². The van der Waals surface area contributed by atoms with E-state index < -0.39 is 0 Å². The number of hydrazone groups is 1. The number of anilines is 1. The number of halogens is 1. The van der Waals surface area contributed by atoms with Gasteiger partial charge >= 0.3 is 0 Å². The van der Waals surface area contributed by atoms with Crippen LogP contribution in [0.2, 0.25) is 5.02 Å². The van der Waals surface area contributed by atoms with Gasteiger partial charge in [0, 0.05) is 10.7 Å². The summed E-state index contributed by atoms with van der Waals surface area (Å²) < 4.78 is 0. The zero-order chi connectivity index (χ0) is 15.1. The Morgan fingerprint density at radius 1 is 1.24 bits per heavy atom. The fraction of sp³-hybridized carbons (Fsp3) is 0.0667. The molecule has 0 aliphatic carbocycles. The molecule has 0 aromatic heterocycles. The third kappa shape index (κ3) is 5.16. The van der Waals surface area contributed by atoms with Gasteiger partial charge in [0.2, 0.25) is 0 Å². The molecule has 1 amide bonds. The molecule has 0 spiro atoms. The number of hydrogen-bond donors (Lipinski definition) is 3. The van der Waals surface area contributed by atoms with Crippen molar-refractivity contribution in [3.05, 3.63) is 59.1 Å². The van der Waals surface area contributed by atoms with Gasteiger partial charge in [-0.2, -0.15) is 5.10 Å².